The third-order valence-electron chi connectivity index (χ3n) is 2.98. The normalized spacial score (nSPS) is 10.7. The van der Waals surface area contributed by atoms with Gasteiger partial charge in [-0.25, -0.2) is 9.37 Å². The molecule has 106 valence electrons. The van der Waals surface area contributed by atoms with Crippen molar-refractivity contribution in [2.75, 3.05) is 5.32 Å². The molecule has 0 unspecified atom stereocenters. The van der Waals surface area contributed by atoms with Crippen LogP contribution in [0, 0.1) is 5.82 Å². The molecule has 1 amide bonds. The summed E-state index contributed by atoms with van der Waals surface area (Å²) in [5.41, 5.74) is 0.783. The Morgan fingerprint density at radius 2 is 2.19 bits per heavy atom. The Labute approximate surface area is 119 Å². The van der Waals surface area contributed by atoms with Gasteiger partial charge in [-0.05, 0) is 30.2 Å². The van der Waals surface area contributed by atoms with E-state index in [2.05, 4.69) is 20.4 Å². The van der Waals surface area contributed by atoms with Crippen molar-refractivity contribution in [3.8, 4) is 0 Å². The Morgan fingerprint density at radius 1 is 1.29 bits per heavy atom. The van der Waals surface area contributed by atoms with Crippen molar-refractivity contribution >= 4 is 17.5 Å². The van der Waals surface area contributed by atoms with E-state index in [-0.39, 0.29) is 18.1 Å². The molecule has 0 saturated carbocycles. The molecule has 21 heavy (non-hydrogen) atoms. The molecule has 0 aliphatic heterocycles. The number of halogens is 1. The number of carbonyl (C=O) groups excluding carboxylic acids is 1. The molecular formula is C14H12FN5O. The van der Waals surface area contributed by atoms with Gasteiger partial charge in [0.1, 0.15) is 18.0 Å². The van der Waals surface area contributed by atoms with Crippen LogP contribution in [0.2, 0.25) is 0 Å². The van der Waals surface area contributed by atoms with Gasteiger partial charge < -0.3 is 5.32 Å². The molecule has 7 heteroatoms. The lowest BCUT2D eigenvalue weighted by Crippen LogP contribution is -2.15. The molecule has 1 aromatic carbocycles. The molecule has 3 rings (SSSR count). The first kappa shape index (κ1) is 13.2. The first-order valence-corrected chi connectivity index (χ1v) is 6.41. The fraction of sp³-hybridized carbons (Fsp3) is 0.143. The zero-order valence-corrected chi connectivity index (χ0v) is 11.0. The molecule has 1 N–H and O–H groups in total. The highest BCUT2D eigenvalue weighted by Gasteiger charge is 2.08. The van der Waals surface area contributed by atoms with E-state index in [4.69, 9.17) is 0 Å². The molecule has 0 radical (unpaired) electrons. The number of amides is 1. The Kier molecular flexibility index (Phi) is 3.55. The first-order chi connectivity index (χ1) is 10.2. The minimum absolute atomic E-state index is 0.178. The second-order valence-corrected chi connectivity index (χ2v) is 4.48. The molecule has 6 nitrogen and oxygen atoms in total. The molecule has 0 aliphatic carbocycles. The van der Waals surface area contributed by atoms with Gasteiger partial charge in [0, 0.05) is 12.6 Å². The number of hydrogen-bond donors (Lipinski definition) is 1. The lowest BCUT2D eigenvalue weighted by Gasteiger charge is -2.06. The van der Waals surface area contributed by atoms with Crippen LogP contribution in [-0.2, 0) is 11.2 Å². The van der Waals surface area contributed by atoms with Crippen LogP contribution in [0.25, 0.3) is 5.78 Å². The minimum Gasteiger partial charge on any atom is -0.310 e. The number of hydrogen-bond acceptors (Lipinski definition) is 4. The van der Waals surface area contributed by atoms with E-state index in [0.29, 0.717) is 18.0 Å². The third kappa shape index (κ3) is 3.02. The monoisotopic (exact) mass is 285 g/mol. The van der Waals surface area contributed by atoms with Crippen molar-refractivity contribution in [2.24, 2.45) is 0 Å². The number of rotatable bonds is 4. The zero-order valence-electron chi connectivity index (χ0n) is 11.0. The first-order valence-electron chi connectivity index (χ1n) is 6.41. The number of nitrogens with zero attached hydrogens (tertiary/aromatic N) is 4. The van der Waals surface area contributed by atoms with E-state index in [9.17, 15) is 9.18 Å². The van der Waals surface area contributed by atoms with Crippen molar-refractivity contribution in [3.05, 3.63) is 54.2 Å². The van der Waals surface area contributed by atoms with Gasteiger partial charge in [0.2, 0.25) is 5.91 Å². The molecular weight excluding hydrogens is 273 g/mol. The number of carbonyl (C=O) groups is 1. The van der Waals surface area contributed by atoms with Gasteiger partial charge in [-0.1, -0.05) is 12.1 Å². The van der Waals surface area contributed by atoms with Gasteiger partial charge in [-0.3, -0.25) is 4.79 Å². The van der Waals surface area contributed by atoms with Crippen LogP contribution in [0.3, 0.4) is 0 Å². The van der Waals surface area contributed by atoms with Crippen LogP contribution in [0.4, 0.5) is 10.2 Å². The standard InChI is InChI=1S/C14H12FN5O/c15-11-3-1-2-10(8-11)4-5-13(21)19-12-6-7-16-14-17-9-18-20(12)14/h1-3,6-9H,4-5H2,(H,19,21). The number of aromatic nitrogens is 4. The Balaban J connectivity index is 1.65. The maximum Gasteiger partial charge on any atom is 0.254 e. The SMILES string of the molecule is O=C(CCc1cccc(F)c1)Nc1ccnc2ncnn12. The molecule has 0 aliphatic rings. The van der Waals surface area contributed by atoms with Crippen LogP contribution < -0.4 is 5.32 Å². The number of fused-ring (bicyclic) bond motifs is 1. The molecule has 0 bridgehead atoms. The number of benzene rings is 1. The van der Waals surface area contributed by atoms with E-state index in [1.54, 1.807) is 24.4 Å². The van der Waals surface area contributed by atoms with Gasteiger partial charge in [0.15, 0.2) is 0 Å². The molecule has 0 atom stereocenters. The third-order valence-corrected chi connectivity index (χ3v) is 2.98. The topological polar surface area (TPSA) is 72.2 Å². The Morgan fingerprint density at radius 3 is 3.05 bits per heavy atom. The maximum absolute atomic E-state index is 13.1. The number of anilines is 1. The van der Waals surface area contributed by atoms with E-state index in [0.717, 1.165) is 5.56 Å². The quantitative estimate of drug-likeness (QED) is 0.794. The van der Waals surface area contributed by atoms with E-state index >= 15 is 0 Å². The zero-order chi connectivity index (χ0) is 14.7. The maximum atomic E-state index is 13.1. The lowest BCUT2D eigenvalue weighted by molar-refractivity contribution is -0.116. The van der Waals surface area contributed by atoms with Crippen molar-refractivity contribution in [1.29, 1.82) is 0 Å². The summed E-state index contributed by atoms with van der Waals surface area (Å²) in [7, 11) is 0. The summed E-state index contributed by atoms with van der Waals surface area (Å²) in [6, 6.07) is 7.86. The summed E-state index contributed by atoms with van der Waals surface area (Å²) < 4.78 is 14.5. The van der Waals surface area contributed by atoms with Crippen LogP contribution in [0.5, 0.6) is 0 Å². The molecule has 3 aromatic rings. The van der Waals surface area contributed by atoms with Crippen LogP contribution in [-0.4, -0.2) is 25.5 Å². The molecule has 0 fully saturated rings. The van der Waals surface area contributed by atoms with Crippen LogP contribution >= 0.6 is 0 Å². The summed E-state index contributed by atoms with van der Waals surface area (Å²) in [6.45, 7) is 0. The van der Waals surface area contributed by atoms with Gasteiger partial charge >= 0.3 is 0 Å². The fourth-order valence-electron chi connectivity index (χ4n) is 1.99. The second kappa shape index (κ2) is 5.66. The highest BCUT2D eigenvalue weighted by molar-refractivity contribution is 5.90. The summed E-state index contributed by atoms with van der Waals surface area (Å²) in [5.74, 6) is 0.438. The molecule has 2 heterocycles. The number of aryl methyl sites for hydroxylation is 1. The highest BCUT2D eigenvalue weighted by atomic mass is 19.1. The highest BCUT2D eigenvalue weighted by Crippen LogP contribution is 2.09. The van der Waals surface area contributed by atoms with Gasteiger partial charge in [0.05, 0.1) is 0 Å². The van der Waals surface area contributed by atoms with E-state index in [1.165, 1.54) is 23.0 Å². The second-order valence-electron chi connectivity index (χ2n) is 4.48. The largest absolute Gasteiger partial charge is 0.310 e. The van der Waals surface area contributed by atoms with Crippen LogP contribution in [0.1, 0.15) is 12.0 Å². The molecule has 0 saturated heterocycles. The van der Waals surface area contributed by atoms with E-state index < -0.39 is 0 Å². The smallest absolute Gasteiger partial charge is 0.254 e. The summed E-state index contributed by atoms with van der Waals surface area (Å²) in [5, 5.41) is 6.72. The summed E-state index contributed by atoms with van der Waals surface area (Å²) in [6.07, 6.45) is 3.63. The van der Waals surface area contributed by atoms with Gasteiger partial charge in [-0.15, -0.1) is 0 Å². The Bertz CT molecular complexity index is 786. The predicted octanol–water partition coefficient (Wildman–Crippen LogP) is 1.83. The Hall–Kier alpha value is -2.83. The van der Waals surface area contributed by atoms with Crippen LogP contribution in [0.15, 0.2) is 42.9 Å². The summed E-state index contributed by atoms with van der Waals surface area (Å²) >= 11 is 0. The average Bonchev–Trinajstić information content (AvgIpc) is 2.95. The predicted molar refractivity (Wildman–Crippen MR) is 74.1 cm³/mol. The van der Waals surface area contributed by atoms with Crippen molar-refractivity contribution in [3.63, 3.8) is 0 Å². The van der Waals surface area contributed by atoms with Crippen molar-refractivity contribution < 1.29 is 9.18 Å². The molecule has 0 spiro atoms. The summed E-state index contributed by atoms with van der Waals surface area (Å²) in [4.78, 5) is 19.9. The van der Waals surface area contributed by atoms with E-state index in [1.807, 2.05) is 0 Å². The fourth-order valence-corrected chi connectivity index (χ4v) is 1.99. The number of nitrogens with one attached hydrogen (secondary N) is 1. The minimum atomic E-state index is -0.300. The van der Waals surface area contributed by atoms with Gasteiger partial charge in [0.25, 0.3) is 5.78 Å². The van der Waals surface area contributed by atoms with Gasteiger partial charge in [-0.2, -0.15) is 14.6 Å². The lowest BCUT2D eigenvalue weighted by atomic mass is 10.1. The van der Waals surface area contributed by atoms with Crippen molar-refractivity contribution in [1.82, 2.24) is 19.6 Å². The average molecular weight is 285 g/mol. The molecule has 2 aromatic heterocycles. The van der Waals surface area contributed by atoms with Crippen molar-refractivity contribution in [2.45, 2.75) is 12.8 Å².